The van der Waals surface area contributed by atoms with E-state index in [4.69, 9.17) is 4.74 Å². The highest BCUT2D eigenvalue weighted by Gasteiger charge is 2.55. The number of hydrogen-bond acceptors (Lipinski definition) is 7. The molecule has 2 amide bonds. The van der Waals surface area contributed by atoms with E-state index in [9.17, 15) is 24.3 Å². The maximum atomic E-state index is 14.5. The highest BCUT2D eigenvalue weighted by molar-refractivity contribution is 7.96. The van der Waals surface area contributed by atoms with Gasteiger partial charge in [0.1, 0.15) is 12.0 Å². The van der Waals surface area contributed by atoms with E-state index >= 15 is 0 Å². The summed E-state index contributed by atoms with van der Waals surface area (Å²) in [6, 6.07) is 29.3. The number of aliphatic hydroxyl groups is 1. The van der Waals surface area contributed by atoms with Crippen molar-refractivity contribution < 1.29 is 29.0 Å². The summed E-state index contributed by atoms with van der Waals surface area (Å²) in [5, 5.41) is 17.4. The van der Waals surface area contributed by atoms with E-state index in [-0.39, 0.29) is 30.1 Å². The fourth-order valence-corrected chi connectivity index (χ4v) is 11.2. The van der Waals surface area contributed by atoms with Crippen LogP contribution >= 0.6 is 18.2 Å². The van der Waals surface area contributed by atoms with E-state index in [1.54, 1.807) is 5.38 Å². The molecule has 1 aromatic heterocycles. The van der Waals surface area contributed by atoms with Crippen LogP contribution in [0.15, 0.2) is 115 Å². The lowest BCUT2D eigenvalue weighted by molar-refractivity contribution is -0.157. The molecular formula is C36H35N2O6PS. The highest BCUT2D eigenvalue weighted by atomic mass is 32.1. The fraction of sp³-hybridized carbons (Fsp3) is 0.194. The highest BCUT2D eigenvalue weighted by Crippen LogP contribution is 2.50. The molecular weight excluding hydrogens is 619 g/mol. The van der Waals surface area contributed by atoms with Crippen molar-refractivity contribution in [2.75, 3.05) is 13.7 Å². The normalized spacial score (nSPS) is 16.6. The Balaban J connectivity index is 1.81. The first-order chi connectivity index (χ1) is 22.2. The zero-order chi connectivity index (χ0) is 32.8. The molecule has 1 aliphatic heterocycles. The van der Waals surface area contributed by atoms with Crippen molar-refractivity contribution in [2.24, 2.45) is 5.92 Å². The number of rotatable bonds is 12. The van der Waals surface area contributed by atoms with Crippen LogP contribution < -0.4 is 21.2 Å². The summed E-state index contributed by atoms with van der Waals surface area (Å²) in [4.78, 5) is 56.3. The predicted octanol–water partition coefficient (Wildman–Crippen LogP) is 3.74. The molecule has 236 valence electrons. The molecule has 1 fully saturated rings. The summed E-state index contributed by atoms with van der Waals surface area (Å²) in [6.45, 7) is 1.95. The summed E-state index contributed by atoms with van der Waals surface area (Å²) in [7, 11) is 1.51. The van der Waals surface area contributed by atoms with Gasteiger partial charge in [-0.2, -0.15) is 0 Å². The molecule has 2 heterocycles. The van der Waals surface area contributed by atoms with E-state index < -0.39 is 36.8 Å². The summed E-state index contributed by atoms with van der Waals surface area (Å²) >= 11 is 1.13. The number of β-lactam (4-membered cyclic amide) rings is 1. The average Bonchev–Trinajstić information content (AvgIpc) is 3.58. The molecule has 0 bridgehead atoms. The number of amides is 2. The van der Waals surface area contributed by atoms with Crippen molar-refractivity contribution >= 4 is 63.1 Å². The molecule has 10 heteroatoms. The monoisotopic (exact) mass is 654 g/mol. The van der Waals surface area contributed by atoms with Gasteiger partial charge >= 0.3 is 5.97 Å². The second kappa shape index (κ2) is 14.3. The number of hydrogen-bond donors (Lipinski definition) is 2. The van der Waals surface area contributed by atoms with Crippen molar-refractivity contribution in [1.82, 2.24) is 10.2 Å². The molecule has 3 aromatic carbocycles. The summed E-state index contributed by atoms with van der Waals surface area (Å²) in [5.41, 5.74) is 0.474. The van der Waals surface area contributed by atoms with Gasteiger partial charge in [0, 0.05) is 25.7 Å². The number of esters is 1. The van der Waals surface area contributed by atoms with Gasteiger partial charge in [0.15, 0.2) is 5.78 Å². The standard InChI is InChI=1S/C36H35N2O6PS/c1-4-20-44-36(43)35(38-29(32(24(2)39)34(38)42)22-30(40)31-21-25(23-46-31)33(41)37-3)45(26-14-8-5-9-15-26,27-16-10-6-11-17-27)28-18-12-7-13-19-28/h4-19,21,23-24,29,32,39H,1,20,22H2,2-3H3,(H,37,41). The van der Waals surface area contributed by atoms with Gasteiger partial charge in [-0.25, -0.2) is 4.79 Å². The Morgan fingerprint density at radius 2 is 1.50 bits per heavy atom. The number of ether oxygens (including phenoxy) is 1. The third kappa shape index (κ3) is 6.01. The SMILES string of the molecule is C=CCOC(=O)C(N1C(=O)C(C(C)O)C1CC(=O)c1cc(C(=O)NC)cs1)=P(c1ccccc1)(c1ccccc1)c1ccccc1. The van der Waals surface area contributed by atoms with E-state index in [1.807, 2.05) is 91.0 Å². The van der Waals surface area contributed by atoms with Crippen LogP contribution in [0.4, 0.5) is 0 Å². The fourth-order valence-electron chi connectivity index (χ4n) is 5.98. The number of thiophene rings is 1. The summed E-state index contributed by atoms with van der Waals surface area (Å²) in [6.07, 6.45) is 0.197. The minimum absolute atomic E-state index is 0.0936. The Bertz CT molecular complexity index is 1700. The van der Waals surface area contributed by atoms with Crippen molar-refractivity contribution in [3.8, 4) is 0 Å². The third-order valence-electron chi connectivity index (χ3n) is 8.04. The molecule has 0 aliphatic carbocycles. The van der Waals surface area contributed by atoms with Gasteiger partial charge in [0.25, 0.3) is 5.91 Å². The minimum Gasteiger partial charge on any atom is -0.457 e. The zero-order valence-electron chi connectivity index (χ0n) is 25.5. The number of carbonyl (C=O) groups excluding carboxylic acids is 4. The molecule has 0 spiro atoms. The number of ketones is 1. The average molecular weight is 655 g/mol. The largest absolute Gasteiger partial charge is 0.457 e. The smallest absolute Gasteiger partial charge is 0.356 e. The van der Waals surface area contributed by atoms with Gasteiger partial charge in [-0.3, -0.25) is 14.4 Å². The van der Waals surface area contributed by atoms with Crippen LogP contribution in [0.5, 0.6) is 0 Å². The predicted molar refractivity (Wildman–Crippen MR) is 184 cm³/mol. The lowest BCUT2D eigenvalue weighted by Crippen LogP contribution is -2.68. The van der Waals surface area contributed by atoms with Crippen LogP contribution in [0.2, 0.25) is 0 Å². The number of nitrogens with one attached hydrogen (secondary N) is 1. The number of carbonyl (C=O) groups is 4. The molecule has 8 nitrogen and oxygen atoms in total. The van der Waals surface area contributed by atoms with Gasteiger partial charge in [-0.05, 0) is 28.9 Å². The van der Waals surface area contributed by atoms with Crippen LogP contribution in [0.3, 0.4) is 0 Å². The summed E-state index contributed by atoms with van der Waals surface area (Å²) < 4.78 is 5.75. The van der Waals surface area contributed by atoms with Crippen LogP contribution in [0, 0.1) is 5.92 Å². The van der Waals surface area contributed by atoms with E-state index in [2.05, 4.69) is 11.9 Å². The van der Waals surface area contributed by atoms with Crippen molar-refractivity contribution in [2.45, 2.75) is 25.5 Å². The van der Waals surface area contributed by atoms with Gasteiger partial charge in [-0.1, -0.05) is 104 Å². The van der Waals surface area contributed by atoms with Crippen molar-refractivity contribution in [3.63, 3.8) is 0 Å². The molecule has 4 aromatic rings. The molecule has 5 rings (SSSR count). The topological polar surface area (TPSA) is 113 Å². The van der Waals surface area contributed by atoms with Crippen molar-refractivity contribution in [1.29, 1.82) is 0 Å². The second-order valence-corrected chi connectivity index (χ2v) is 15.1. The lowest BCUT2D eigenvalue weighted by atomic mass is 9.80. The Kier molecular flexibility index (Phi) is 10.2. The van der Waals surface area contributed by atoms with Crippen LogP contribution in [-0.2, 0) is 14.3 Å². The number of nitrogens with zero attached hydrogens (tertiary/aromatic N) is 1. The first-order valence-electron chi connectivity index (χ1n) is 14.8. The lowest BCUT2D eigenvalue weighted by Gasteiger charge is -2.50. The van der Waals surface area contributed by atoms with Crippen LogP contribution in [0.1, 0.15) is 33.4 Å². The van der Waals surface area contributed by atoms with Gasteiger partial charge in [-0.15, -0.1) is 11.3 Å². The molecule has 3 unspecified atom stereocenters. The molecule has 3 atom stereocenters. The molecule has 0 radical (unpaired) electrons. The van der Waals surface area contributed by atoms with E-state index in [0.717, 1.165) is 27.3 Å². The maximum absolute atomic E-state index is 14.5. The van der Waals surface area contributed by atoms with Gasteiger partial charge in [0.05, 0.1) is 28.5 Å². The summed E-state index contributed by atoms with van der Waals surface area (Å²) in [5.74, 6) is -2.74. The Morgan fingerprint density at radius 1 is 0.978 bits per heavy atom. The number of aliphatic hydroxyl groups excluding tert-OH is 1. The van der Waals surface area contributed by atoms with Crippen LogP contribution in [-0.4, -0.2) is 64.8 Å². The number of Topliss-reactive ketones (excluding diaryl/α,β-unsaturated/α-hetero) is 1. The van der Waals surface area contributed by atoms with E-state index in [1.165, 1.54) is 31.0 Å². The first-order valence-corrected chi connectivity index (χ1v) is 17.5. The van der Waals surface area contributed by atoms with E-state index in [0.29, 0.717) is 10.4 Å². The first kappa shape index (κ1) is 32.8. The Hall–Kier alpha value is -4.56. The molecule has 46 heavy (non-hydrogen) atoms. The molecule has 1 aliphatic rings. The van der Waals surface area contributed by atoms with Crippen LogP contribution in [0.25, 0.3) is 0 Å². The Morgan fingerprint density at radius 3 is 1.96 bits per heavy atom. The maximum Gasteiger partial charge on any atom is 0.356 e. The molecule has 2 N–H and O–H groups in total. The Labute approximate surface area is 272 Å². The number of likely N-dealkylation sites (tertiary alicyclic amines) is 1. The zero-order valence-corrected chi connectivity index (χ0v) is 27.2. The quantitative estimate of drug-likeness (QED) is 0.0792. The van der Waals surface area contributed by atoms with Crippen molar-refractivity contribution in [3.05, 3.63) is 126 Å². The third-order valence-corrected chi connectivity index (χ3v) is 13.3. The second-order valence-electron chi connectivity index (χ2n) is 10.8. The minimum atomic E-state index is -3.17. The van der Waals surface area contributed by atoms with Gasteiger partial charge in [0.2, 0.25) is 5.91 Å². The molecule has 0 saturated carbocycles. The van der Waals surface area contributed by atoms with Gasteiger partial charge < -0.3 is 20.1 Å². The molecule has 1 saturated heterocycles. The number of benzene rings is 3.